The SMILES string of the molecule is [C-]#[N+]c1ccc(CNC(=O)c2ccc3c(c2)S/C(=C\c2ccc(C)cc2)C(=O)N3C)cc1. The lowest BCUT2D eigenvalue weighted by molar-refractivity contribution is -0.114. The van der Waals surface area contributed by atoms with E-state index in [1.54, 1.807) is 30.1 Å². The van der Waals surface area contributed by atoms with Crippen molar-refractivity contribution in [2.45, 2.75) is 18.4 Å². The maximum Gasteiger partial charge on any atom is 0.264 e. The second-order valence-electron chi connectivity index (χ2n) is 7.53. The number of nitrogens with one attached hydrogen (secondary N) is 1. The molecule has 1 aliphatic heterocycles. The number of rotatable bonds is 4. The van der Waals surface area contributed by atoms with E-state index in [1.807, 2.05) is 61.5 Å². The van der Waals surface area contributed by atoms with Gasteiger partial charge in [0.15, 0.2) is 5.69 Å². The second kappa shape index (κ2) is 9.13. The molecule has 0 saturated carbocycles. The van der Waals surface area contributed by atoms with Crippen molar-refractivity contribution in [3.8, 4) is 0 Å². The van der Waals surface area contributed by atoms with Crippen LogP contribution in [-0.2, 0) is 11.3 Å². The number of fused-ring (bicyclic) bond motifs is 1. The number of hydrogen-bond donors (Lipinski definition) is 1. The molecule has 0 saturated heterocycles. The zero-order chi connectivity index (χ0) is 22.7. The number of benzene rings is 3. The summed E-state index contributed by atoms with van der Waals surface area (Å²) in [5.74, 6) is -0.255. The van der Waals surface area contributed by atoms with Crippen molar-refractivity contribution in [1.29, 1.82) is 0 Å². The van der Waals surface area contributed by atoms with Crippen molar-refractivity contribution < 1.29 is 9.59 Å². The van der Waals surface area contributed by atoms with Crippen LogP contribution in [0.1, 0.15) is 27.0 Å². The molecule has 0 radical (unpaired) electrons. The number of amides is 2. The largest absolute Gasteiger partial charge is 0.348 e. The standard InChI is InChI=1S/C26H21N3O2S/c1-17-4-6-18(7-5-17)14-24-26(31)29(3)22-13-10-20(15-23(22)32-24)25(30)28-16-19-8-11-21(27-2)12-9-19/h4-15H,16H2,1,3H3,(H,28,30)/b24-14-. The molecule has 0 spiro atoms. The highest BCUT2D eigenvalue weighted by molar-refractivity contribution is 8.04. The highest BCUT2D eigenvalue weighted by Crippen LogP contribution is 2.42. The Labute approximate surface area is 191 Å². The average Bonchev–Trinajstić information content (AvgIpc) is 2.82. The number of anilines is 1. The molecule has 0 bridgehead atoms. The molecular formula is C26H21N3O2S. The highest BCUT2D eigenvalue weighted by atomic mass is 32.2. The predicted octanol–water partition coefficient (Wildman–Crippen LogP) is 5.59. The summed E-state index contributed by atoms with van der Waals surface area (Å²) in [6.45, 7) is 9.41. The van der Waals surface area contributed by atoms with Gasteiger partial charge >= 0.3 is 0 Å². The Morgan fingerprint density at radius 3 is 2.50 bits per heavy atom. The molecule has 1 aliphatic rings. The summed E-state index contributed by atoms with van der Waals surface area (Å²) in [7, 11) is 1.75. The van der Waals surface area contributed by atoms with Crippen molar-refractivity contribution in [2.75, 3.05) is 11.9 Å². The Balaban J connectivity index is 1.53. The van der Waals surface area contributed by atoms with E-state index < -0.39 is 0 Å². The number of thioether (sulfide) groups is 1. The van der Waals surface area contributed by atoms with Crippen LogP contribution in [0.2, 0.25) is 0 Å². The number of hydrogen-bond acceptors (Lipinski definition) is 3. The molecule has 32 heavy (non-hydrogen) atoms. The summed E-state index contributed by atoms with van der Waals surface area (Å²) in [5, 5.41) is 2.91. The topological polar surface area (TPSA) is 53.8 Å². The van der Waals surface area contributed by atoms with Crippen LogP contribution in [0, 0.1) is 13.5 Å². The second-order valence-corrected chi connectivity index (χ2v) is 8.61. The quantitative estimate of drug-likeness (QED) is 0.426. The molecule has 3 aromatic rings. The lowest BCUT2D eigenvalue weighted by Gasteiger charge is -2.27. The Kier molecular flexibility index (Phi) is 6.11. The van der Waals surface area contributed by atoms with Gasteiger partial charge in [0.1, 0.15) is 0 Å². The first-order chi connectivity index (χ1) is 15.4. The third-order valence-corrected chi connectivity index (χ3v) is 6.27. The molecule has 2 amide bonds. The van der Waals surface area contributed by atoms with E-state index in [1.165, 1.54) is 11.8 Å². The summed E-state index contributed by atoms with van der Waals surface area (Å²) in [6.07, 6.45) is 1.88. The molecule has 3 aromatic carbocycles. The van der Waals surface area contributed by atoms with Crippen LogP contribution in [-0.4, -0.2) is 18.9 Å². The van der Waals surface area contributed by atoms with Gasteiger partial charge in [0.2, 0.25) is 0 Å². The summed E-state index contributed by atoms with van der Waals surface area (Å²) in [6, 6.07) is 20.5. The molecule has 1 heterocycles. The van der Waals surface area contributed by atoms with Crippen LogP contribution < -0.4 is 10.2 Å². The molecule has 0 aliphatic carbocycles. The summed E-state index contributed by atoms with van der Waals surface area (Å²) in [4.78, 5) is 32.0. The van der Waals surface area contributed by atoms with E-state index in [9.17, 15) is 9.59 Å². The first-order valence-electron chi connectivity index (χ1n) is 10.1. The Bertz CT molecular complexity index is 1260. The minimum atomic E-state index is -0.189. The van der Waals surface area contributed by atoms with E-state index in [0.717, 1.165) is 27.3 Å². The molecule has 0 unspecified atom stereocenters. The van der Waals surface area contributed by atoms with Crippen molar-refractivity contribution in [3.63, 3.8) is 0 Å². The van der Waals surface area contributed by atoms with Gasteiger partial charge in [-0.3, -0.25) is 9.59 Å². The minimum absolute atomic E-state index is 0.0665. The molecule has 0 fully saturated rings. The summed E-state index contributed by atoms with van der Waals surface area (Å²) < 4.78 is 0. The summed E-state index contributed by atoms with van der Waals surface area (Å²) >= 11 is 1.38. The van der Waals surface area contributed by atoms with Gasteiger partial charge in [-0.05, 0) is 42.3 Å². The van der Waals surface area contributed by atoms with E-state index in [4.69, 9.17) is 6.57 Å². The molecule has 0 atom stereocenters. The van der Waals surface area contributed by atoms with Crippen LogP contribution in [0.25, 0.3) is 10.9 Å². The van der Waals surface area contributed by atoms with E-state index in [-0.39, 0.29) is 11.8 Å². The Morgan fingerprint density at radius 1 is 1.09 bits per heavy atom. The number of carbonyl (C=O) groups is 2. The summed E-state index contributed by atoms with van der Waals surface area (Å²) in [5.41, 5.74) is 4.93. The lowest BCUT2D eigenvalue weighted by atomic mass is 10.1. The van der Waals surface area contributed by atoms with Crippen molar-refractivity contribution >= 4 is 41.0 Å². The fourth-order valence-electron chi connectivity index (χ4n) is 3.33. The number of nitrogens with zero attached hydrogens (tertiary/aromatic N) is 2. The van der Waals surface area contributed by atoms with E-state index in [0.29, 0.717) is 22.7 Å². The van der Waals surface area contributed by atoms with Gasteiger partial charge in [-0.25, -0.2) is 4.85 Å². The van der Waals surface area contributed by atoms with Crippen molar-refractivity contribution in [3.05, 3.63) is 105 Å². The van der Waals surface area contributed by atoms with E-state index in [2.05, 4.69) is 10.2 Å². The zero-order valence-electron chi connectivity index (χ0n) is 17.8. The van der Waals surface area contributed by atoms with Crippen LogP contribution in [0.5, 0.6) is 0 Å². The first-order valence-corrected chi connectivity index (χ1v) is 10.9. The monoisotopic (exact) mass is 439 g/mol. The molecule has 6 heteroatoms. The molecule has 0 aromatic heterocycles. The van der Waals surface area contributed by atoms with Gasteiger partial charge < -0.3 is 10.2 Å². The van der Waals surface area contributed by atoms with Gasteiger partial charge in [-0.1, -0.05) is 65.9 Å². The number of aryl methyl sites for hydroxylation is 1. The maximum atomic E-state index is 12.8. The third-order valence-electron chi connectivity index (χ3n) is 5.21. The fraction of sp³-hybridized carbons (Fsp3) is 0.115. The predicted molar refractivity (Wildman–Crippen MR) is 129 cm³/mol. The van der Waals surface area contributed by atoms with Crippen LogP contribution in [0.15, 0.2) is 76.5 Å². The Morgan fingerprint density at radius 2 is 1.81 bits per heavy atom. The molecule has 1 N–H and O–H groups in total. The maximum absolute atomic E-state index is 12.8. The van der Waals surface area contributed by atoms with Gasteiger partial charge in [0.05, 0.1) is 17.2 Å². The zero-order valence-corrected chi connectivity index (χ0v) is 18.6. The lowest BCUT2D eigenvalue weighted by Crippen LogP contribution is -2.30. The van der Waals surface area contributed by atoms with Gasteiger partial charge in [-0.2, -0.15) is 0 Å². The Hall–Kier alpha value is -3.82. The number of carbonyl (C=O) groups excluding carboxylic acids is 2. The molecule has 4 rings (SSSR count). The molecule has 158 valence electrons. The molecular weight excluding hydrogens is 418 g/mol. The highest BCUT2D eigenvalue weighted by Gasteiger charge is 2.27. The van der Waals surface area contributed by atoms with Gasteiger partial charge in [-0.15, -0.1) is 0 Å². The van der Waals surface area contributed by atoms with E-state index >= 15 is 0 Å². The van der Waals surface area contributed by atoms with Gasteiger partial charge in [0, 0.05) is 24.1 Å². The van der Waals surface area contributed by atoms with Gasteiger partial charge in [0.25, 0.3) is 11.8 Å². The third kappa shape index (κ3) is 4.58. The number of likely N-dealkylation sites (N-methyl/N-ethyl adjacent to an activating group) is 1. The van der Waals surface area contributed by atoms with Crippen LogP contribution in [0.3, 0.4) is 0 Å². The normalized spacial score (nSPS) is 14.1. The fourth-order valence-corrected chi connectivity index (χ4v) is 4.48. The molecule has 5 nitrogen and oxygen atoms in total. The van der Waals surface area contributed by atoms with Crippen molar-refractivity contribution in [2.24, 2.45) is 0 Å². The van der Waals surface area contributed by atoms with Crippen molar-refractivity contribution in [1.82, 2.24) is 5.32 Å². The first kappa shape index (κ1) is 21.4. The van der Waals surface area contributed by atoms with Crippen LogP contribution in [0.4, 0.5) is 11.4 Å². The average molecular weight is 440 g/mol. The van der Waals surface area contributed by atoms with Crippen LogP contribution >= 0.6 is 11.8 Å². The smallest absolute Gasteiger partial charge is 0.264 e. The minimum Gasteiger partial charge on any atom is -0.348 e.